The number of amides is 1. The van der Waals surface area contributed by atoms with Crippen LogP contribution in [0.3, 0.4) is 0 Å². The van der Waals surface area contributed by atoms with Gasteiger partial charge in [0.05, 0.1) is 0 Å². The molecule has 1 N–H and O–H groups in total. The molecule has 1 amide bonds. The van der Waals surface area contributed by atoms with Crippen LogP contribution in [0.25, 0.3) is 0 Å². The van der Waals surface area contributed by atoms with Crippen LogP contribution in [-0.2, 0) is 14.2 Å². The molecule has 1 aromatic rings. The first-order valence-electron chi connectivity index (χ1n) is 6.89. The summed E-state index contributed by atoms with van der Waals surface area (Å²) in [6.45, 7) is 4.38. The number of nitrogens with one attached hydrogen (secondary N) is 1. The van der Waals surface area contributed by atoms with Crippen LogP contribution in [0.15, 0.2) is 24.3 Å². The van der Waals surface area contributed by atoms with Gasteiger partial charge in [-0.1, -0.05) is 36.7 Å². The highest BCUT2D eigenvalue weighted by atomic mass is 35.5. The Labute approximate surface area is 130 Å². The normalized spacial score (nSPS) is 13.5. The molecule has 0 unspecified atom stereocenters. The second-order valence-corrected chi connectivity index (χ2v) is 4.96. The van der Waals surface area contributed by atoms with Gasteiger partial charge >= 0.3 is 6.09 Å². The summed E-state index contributed by atoms with van der Waals surface area (Å²) in [6.07, 6.45) is -0.622. The highest BCUT2D eigenvalue weighted by molar-refractivity contribution is 6.31. The molecule has 0 saturated carbocycles. The van der Waals surface area contributed by atoms with Crippen molar-refractivity contribution in [1.29, 1.82) is 0 Å². The van der Waals surface area contributed by atoms with Gasteiger partial charge in [-0.2, -0.15) is 0 Å². The highest BCUT2D eigenvalue weighted by Gasteiger charge is 2.25. The number of benzene rings is 1. The quantitative estimate of drug-likeness (QED) is 0.746. The summed E-state index contributed by atoms with van der Waals surface area (Å²) in [6, 6.07) is 7.29. The average molecular weight is 316 g/mol. The van der Waals surface area contributed by atoms with Crippen LogP contribution in [0.1, 0.15) is 31.9 Å². The maximum atomic E-state index is 11.7. The van der Waals surface area contributed by atoms with Crippen LogP contribution in [0.4, 0.5) is 4.79 Å². The number of methoxy groups -OCH3 is 1. The zero-order valence-corrected chi connectivity index (χ0v) is 13.4. The fourth-order valence-corrected chi connectivity index (χ4v) is 2.07. The summed E-state index contributed by atoms with van der Waals surface area (Å²) >= 11 is 6.19. The predicted octanol–water partition coefficient (Wildman–Crippen LogP) is 3.53. The Morgan fingerprint density at radius 2 is 2.10 bits per heavy atom. The number of alkyl carbamates (subject to hydrolysis) is 1. The molecule has 0 spiro atoms. The first-order valence-corrected chi connectivity index (χ1v) is 7.27. The standard InChI is InChI=1S/C15H22ClNO4/c1-4-9-17-15(18)21-11(2)14(20-10-19-3)12-7-5-6-8-13(12)16/h5-8,11,14H,4,9-10H2,1-3H3,(H,17,18)/t11-,14+/m0/s1. The van der Waals surface area contributed by atoms with E-state index >= 15 is 0 Å². The van der Waals surface area contributed by atoms with Crippen molar-refractivity contribution in [3.63, 3.8) is 0 Å². The van der Waals surface area contributed by atoms with Crippen molar-refractivity contribution >= 4 is 17.7 Å². The number of carbonyl (C=O) groups excluding carboxylic acids is 1. The molecule has 21 heavy (non-hydrogen) atoms. The zero-order valence-electron chi connectivity index (χ0n) is 12.6. The van der Waals surface area contributed by atoms with E-state index in [1.54, 1.807) is 13.0 Å². The van der Waals surface area contributed by atoms with Crippen LogP contribution >= 0.6 is 11.6 Å². The smallest absolute Gasteiger partial charge is 0.407 e. The van der Waals surface area contributed by atoms with Gasteiger partial charge in [0.15, 0.2) is 0 Å². The Bertz CT molecular complexity index is 441. The molecule has 118 valence electrons. The maximum Gasteiger partial charge on any atom is 0.407 e. The molecule has 0 saturated heterocycles. The number of halogens is 1. The van der Waals surface area contributed by atoms with E-state index in [-0.39, 0.29) is 6.79 Å². The van der Waals surface area contributed by atoms with E-state index in [4.69, 9.17) is 25.8 Å². The Hall–Kier alpha value is -1.30. The SMILES string of the molecule is CCCNC(=O)O[C@@H](C)[C@@H](OCOC)c1ccccc1Cl. The Morgan fingerprint density at radius 3 is 2.71 bits per heavy atom. The summed E-state index contributed by atoms with van der Waals surface area (Å²) in [5.74, 6) is 0. The minimum Gasteiger partial charge on any atom is -0.443 e. The molecule has 1 aromatic carbocycles. The van der Waals surface area contributed by atoms with Crippen LogP contribution in [-0.4, -0.2) is 32.6 Å². The lowest BCUT2D eigenvalue weighted by atomic mass is 10.1. The van der Waals surface area contributed by atoms with Crippen molar-refractivity contribution < 1.29 is 19.0 Å². The summed E-state index contributed by atoms with van der Waals surface area (Å²) in [7, 11) is 1.53. The zero-order chi connectivity index (χ0) is 15.7. The number of hydrogen-bond donors (Lipinski definition) is 1. The van der Waals surface area contributed by atoms with E-state index in [2.05, 4.69) is 5.32 Å². The second kappa shape index (κ2) is 9.60. The van der Waals surface area contributed by atoms with Crippen molar-refractivity contribution in [1.82, 2.24) is 5.32 Å². The van der Waals surface area contributed by atoms with Crippen LogP contribution in [0, 0.1) is 0 Å². The van der Waals surface area contributed by atoms with Crippen molar-refractivity contribution in [2.24, 2.45) is 0 Å². The number of ether oxygens (including phenoxy) is 3. The lowest BCUT2D eigenvalue weighted by Gasteiger charge is -2.25. The van der Waals surface area contributed by atoms with Crippen molar-refractivity contribution in [3.8, 4) is 0 Å². The third kappa shape index (κ3) is 5.91. The van der Waals surface area contributed by atoms with Gasteiger partial charge in [-0.05, 0) is 19.4 Å². The summed E-state index contributed by atoms with van der Waals surface area (Å²) in [5.41, 5.74) is 0.756. The van der Waals surface area contributed by atoms with Crippen molar-refractivity contribution in [2.75, 3.05) is 20.4 Å². The lowest BCUT2D eigenvalue weighted by molar-refractivity contribution is -0.112. The maximum absolute atomic E-state index is 11.7. The molecule has 6 heteroatoms. The molecule has 0 heterocycles. The fraction of sp³-hybridized carbons (Fsp3) is 0.533. The molecular formula is C15H22ClNO4. The first-order chi connectivity index (χ1) is 10.1. The third-order valence-electron chi connectivity index (χ3n) is 2.82. The average Bonchev–Trinajstić information content (AvgIpc) is 2.47. The third-order valence-corrected chi connectivity index (χ3v) is 3.16. The van der Waals surface area contributed by atoms with E-state index in [0.717, 1.165) is 12.0 Å². The largest absolute Gasteiger partial charge is 0.443 e. The fourth-order valence-electron chi connectivity index (χ4n) is 1.82. The monoisotopic (exact) mass is 315 g/mol. The topological polar surface area (TPSA) is 56.8 Å². The van der Waals surface area contributed by atoms with Gasteiger partial charge in [-0.15, -0.1) is 0 Å². The molecule has 0 aliphatic heterocycles. The van der Waals surface area contributed by atoms with Gasteiger partial charge < -0.3 is 19.5 Å². The predicted molar refractivity (Wildman–Crippen MR) is 81.4 cm³/mol. The molecule has 0 aliphatic rings. The van der Waals surface area contributed by atoms with Crippen LogP contribution in [0.5, 0.6) is 0 Å². The van der Waals surface area contributed by atoms with E-state index in [1.165, 1.54) is 7.11 Å². The van der Waals surface area contributed by atoms with Gasteiger partial charge in [0.2, 0.25) is 0 Å². The first kappa shape index (κ1) is 17.8. The van der Waals surface area contributed by atoms with E-state index < -0.39 is 18.3 Å². The number of rotatable bonds is 8. The van der Waals surface area contributed by atoms with Crippen LogP contribution in [0.2, 0.25) is 5.02 Å². The minimum atomic E-state index is -0.503. The molecule has 0 aliphatic carbocycles. The van der Waals surface area contributed by atoms with Gasteiger partial charge in [-0.25, -0.2) is 4.79 Å². The molecule has 0 radical (unpaired) electrons. The Kier molecular flexibility index (Phi) is 8.12. The molecule has 1 rings (SSSR count). The van der Waals surface area contributed by atoms with Gasteiger partial charge in [0.1, 0.15) is 19.0 Å². The van der Waals surface area contributed by atoms with Gasteiger partial charge in [0.25, 0.3) is 0 Å². The van der Waals surface area contributed by atoms with Crippen molar-refractivity contribution in [3.05, 3.63) is 34.9 Å². The minimum absolute atomic E-state index is 0.0835. The summed E-state index contributed by atoms with van der Waals surface area (Å²) in [5, 5.41) is 3.22. The Balaban J connectivity index is 2.77. The van der Waals surface area contributed by atoms with E-state index in [9.17, 15) is 4.79 Å². The van der Waals surface area contributed by atoms with Crippen molar-refractivity contribution in [2.45, 2.75) is 32.5 Å². The molecule has 0 aromatic heterocycles. The molecule has 2 atom stereocenters. The van der Waals surface area contributed by atoms with Crippen LogP contribution < -0.4 is 5.32 Å². The molecule has 5 nitrogen and oxygen atoms in total. The summed E-state index contributed by atoms with van der Waals surface area (Å²) in [4.78, 5) is 11.7. The van der Waals surface area contributed by atoms with E-state index in [1.807, 2.05) is 25.1 Å². The van der Waals surface area contributed by atoms with E-state index in [0.29, 0.717) is 11.6 Å². The van der Waals surface area contributed by atoms with Gasteiger partial charge in [-0.3, -0.25) is 0 Å². The second-order valence-electron chi connectivity index (χ2n) is 4.55. The molecule has 0 bridgehead atoms. The number of carbonyl (C=O) groups is 1. The lowest BCUT2D eigenvalue weighted by Crippen LogP contribution is -2.32. The summed E-state index contributed by atoms with van der Waals surface area (Å²) < 4.78 is 15.9. The highest BCUT2D eigenvalue weighted by Crippen LogP contribution is 2.29. The Morgan fingerprint density at radius 1 is 1.38 bits per heavy atom. The number of hydrogen-bond acceptors (Lipinski definition) is 4. The molecule has 0 fully saturated rings. The molecular weight excluding hydrogens is 294 g/mol. The van der Waals surface area contributed by atoms with Gasteiger partial charge in [0, 0.05) is 24.2 Å².